The van der Waals surface area contributed by atoms with Crippen molar-refractivity contribution in [2.24, 2.45) is 0 Å². The Balaban J connectivity index is 1.73. The van der Waals surface area contributed by atoms with Gasteiger partial charge in [0.25, 0.3) is 15.9 Å². The SMILES string of the molecule is CCCCSCCCNC(=O)c1c[nH]c2ccc(S(=O)(=O)Nc3ccc(OCC)cc3)cc2c1=O. The molecule has 1 aromatic heterocycles. The van der Waals surface area contributed by atoms with Gasteiger partial charge in [-0.05, 0) is 73.7 Å². The molecule has 8 nitrogen and oxygen atoms in total. The highest BCUT2D eigenvalue weighted by Gasteiger charge is 2.18. The van der Waals surface area contributed by atoms with Gasteiger partial charge in [0, 0.05) is 29.3 Å². The molecule has 1 amide bonds. The van der Waals surface area contributed by atoms with Gasteiger partial charge in [-0.15, -0.1) is 0 Å². The molecule has 10 heteroatoms. The average Bonchev–Trinajstić information content (AvgIpc) is 2.84. The Bertz CT molecular complexity index is 1300. The van der Waals surface area contributed by atoms with E-state index in [0.29, 0.717) is 30.1 Å². The normalized spacial score (nSPS) is 11.4. The number of aromatic amines is 1. The summed E-state index contributed by atoms with van der Waals surface area (Å²) in [6.45, 7) is 4.99. The molecule has 0 atom stereocenters. The number of pyridine rings is 1. The summed E-state index contributed by atoms with van der Waals surface area (Å²) in [5.41, 5.74) is 0.235. The van der Waals surface area contributed by atoms with Crippen LogP contribution in [0.3, 0.4) is 0 Å². The minimum absolute atomic E-state index is 0.0508. The van der Waals surface area contributed by atoms with Crippen LogP contribution in [0, 0.1) is 0 Å². The van der Waals surface area contributed by atoms with Crippen LogP contribution >= 0.6 is 11.8 Å². The second kappa shape index (κ2) is 12.6. The number of carbonyl (C=O) groups excluding carboxylic acids is 1. The van der Waals surface area contributed by atoms with Crippen LogP contribution in [0.25, 0.3) is 10.9 Å². The van der Waals surface area contributed by atoms with Crippen molar-refractivity contribution in [3.8, 4) is 5.75 Å². The predicted octanol–water partition coefficient (Wildman–Crippen LogP) is 4.38. The molecule has 3 rings (SSSR count). The first-order chi connectivity index (χ1) is 16.9. The lowest BCUT2D eigenvalue weighted by molar-refractivity contribution is 0.0952. The molecule has 0 saturated carbocycles. The number of amides is 1. The molecule has 0 aliphatic rings. The molecule has 0 spiro atoms. The number of sulfonamides is 1. The summed E-state index contributed by atoms with van der Waals surface area (Å²) in [6.07, 6.45) is 4.51. The van der Waals surface area contributed by atoms with E-state index in [2.05, 4.69) is 21.9 Å². The number of rotatable bonds is 13. The van der Waals surface area contributed by atoms with Gasteiger partial charge in [-0.2, -0.15) is 11.8 Å². The van der Waals surface area contributed by atoms with Crippen molar-refractivity contribution in [3.05, 3.63) is 64.4 Å². The van der Waals surface area contributed by atoms with Crippen molar-refractivity contribution < 1.29 is 17.9 Å². The van der Waals surface area contributed by atoms with Crippen LogP contribution in [0.4, 0.5) is 5.69 Å². The minimum Gasteiger partial charge on any atom is -0.494 e. The lowest BCUT2D eigenvalue weighted by Crippen LogP contribution is -2.30. The van der Waals surface area contributed by atoms with Gasteiger partial charge in [-0.1, -0.05) is 13.3 Å². The van der Waals surface area contributed by atoms with E-state index in [4.69, 9.17) is 4.74 Å². The van der Waals surface area contributed by atoms with Gasteiger partial charge in [0.2, 0.25) is 5.43 Å². The van der Waals surface area contributed by atoms with E-state index in [1.165, 1.54) is 30.8 Å². The van der Waals surface area contributed by atoms with Gasteiger partial charge in [-0.3, -0.25) is 14.3 Å². The van der Waals surface area contributed by atoms with Crippen molar-refractivity contribution in [1.82, 2.24) is 10.3 Å². The zero-order valence-corrected chi connectivity index (χ0v) is 21.6. The van der Waals surface area contributed by atoms with Crippen molar-refractivity contribution >= 4 is 44.3 Å². The van der Waals surface area contributed by atoms with E-state index in [9.17, 15) is 18.0 Å². The topological polar surface area (TPSA) is 117 Å². The summed E-state index contributed by atoms with van der Waals surface area (Å²) in [4.78, 5) is 28.4. The Morgan fingerprint density at radius 3 is 2.51 bits per heavy atom. The van der Waals surface area contributed by atoms with Gasteiger partial charge in [0.15, 0.2) is 0 Å². The standard InChI is InChI=1S/C25H31N3O5S2/c1-3-5-14-34-15-6-13-26-25(30)22-17-27-23-12-11-20(16-21(23)24(22)29)35(31,32)28-18-7-9-19(10-8-18)33-4-2/h7-12,16-17,28H,3-6,13-15H2,1-2H3,(H,26,30)(H,27,29). The maximum Gasteiger partial charge on any atom is 0.261 e. The van der Waals surface area contributed by atoms with Gasteiger partial charge >= 0.3 is 0 Å². The second-order valence-corrected chi connectivity index (χ2v) is 10.8. The van der Waals surface area contributed by atoms with Crippen LogP contribution in [-0.2, 0) is 10.0 Å². The van der Waals surface area contributed by atoms with Gasteiger partial charge in [0.1, 0.15) is 11.3 Å². The lowest BCUT2D eigenvalue weighted by Gasteiger charge is -2.10. The molecule has 0 aliphatic carbocycles. The number of anilines is 1. The number of benzene rings is 2. The fourth-order valence-corrected chi connectivity index (χ4v) is 5.48. The first-order valence-electron chi connectivity index (χ1n) is 11.6. The number of unbranched alkanes of at least 4 members (excludes halogenated alkanes) is 1. The molecular weight excluding hydrogens is 486 g/mol. The van der Waals surface area contributed by atoms with E-state index in [0.717, 1.165) is 24.3 Å². The number of aromatic nitrogens is 1. The minimum atomic E-state index is -3.95. The summed E-state index contributed by atoms with van der Waals surface area (Å²) in [5, 5.41) is 2.90. The molecule has 3 aromatic rings. The lowest BCUT2D eigenvalue weighted by atomic mass is 10.1. The summed E-state index contributed by atoms with van der Waals surface area (Å²) < 4.78 is 33.7. The van der Waals surface area contributed by atoms with E-state index < -0.39 is 21.4 Å². The molecule has 0 unspecified atom stereocenters. The molecular formula is C25H31N3O5S2. The van der Waals surface area contributed by atoms with Crippen molar-refractivity contribution in [2.75, 3.05) is 29.4 Å². The van der Waals surface area contributed by atoms with Crippen LogP contribution in [0.15, 0.2) is 58.4 Å². The Kier molecular flexibility index (Phi) is 9.62. The summed E-state index contributed by atoms with van der Waals surface area (Å²) in [5.74, 6) is 2.20. The number of H-pyrrole nitrogens is 1. The predicted molar refractivity (Wildman–Crippen MR) is 142 cm³/mol. The molecule has 0 fully saturated rings. The summed E-state index contributed by atoms with van der Waals surface area (Å²) >= 11 is 1.85. The summed E-state index contributed by atoms with van der Waals surface area (Å²) in [7, 11) is -3.95. The average molecular weight is 518 g/mol. The smallest absolute Gasteiger partial charge is 0.261 e. The number of thioether (sulfide) groups is 1. The highest BCUT2D eigenvalue weighted by molar-refractivity contribution is 7.99. The second-order valence-electron chi connectivity index (χ2n) is 7.88. The molecule has 2 aromatic carbocycles. The highest BCUT2D eigenvalue weighted by atomic mass is 32.2. The van der Waals surface area contributed by atoms with Crippen LogP contribution in [0.2, 0.25) is 0 Å². The zero-order valence-electron chi connectivity index (χ0n) is 19.9. The quantitative estimate of drug-likeness (QED) is 0.290. The van der Waals surface area contributed by atoms with Gasteiger partial charge < -0.3 is 15.0 Å². The van der Waals surface area contributed by atoms with E-state index in [-0.39, 0.29) is 15.8 Å². The van der Waals surface area contributed by atoms with Crippen molar-refractivity contribution in [2.45, 2.75) is 38.0 Å². The van der Waals surface area contributed by atoms with Gasteiger partial charge in [0.05, 0.1) is 11.5 Å². The van der Waals surface area contributed by atoms with E-state index in [1.807, 2.05) is 18.7 Å². The van der Waals surface area contributed by atoms with Crippen molar-refractivity contribution in [3.63, 3.8) is 0 Å². The molecule has 0 saturated heterocycles. The third-order valence-corrected chi connectivity index (χ3v) is 7.75. The Morgan fingerprint density at radius 2 is 1.80 bits per heavy atom. The third kappa shape index (κ3) is 7.25. The number of fused-ring (bicyclic) bond motifs is 1. The molecule has 1 heterocycles. The highest BCUT2D eigenvalue weighted by Crippen LogP contribution is 2.21. The fraction of sp³-hybridized carbons (Fsp3) is 0.360. The van der Waals surface area contributed by atoms with Crippen molar-refractivity contribution in [1.29, 1.82) is 0 Å². The Labute approximate surface area is 209 Å². The van der Waals surface area contributed by atoms with Crippen LogP contribution in [0.1, 0.15) is 43.5 Å². The number of carbonyl (C=O) groups is 1. The third-order valence-electron chi connectivity index (χ3n) is 5.22. The number of ether oxygens (including phenoxy) is 1. The van der Waals surface area contributed by atoms with Crippen LogP contribution in [-0.4, -0.2) is 44.0 Å². The number of hydrogen-bond acceptors (Lipinski definition) is 6. The first kappa shape index (κ1) is 26.6. The molecule has 3 N–H and O–H groups in total. The summed E-state index contributed by atoms with van der Waals surface area (Å²) in [6, 6.07) is 10.7. The largest absolute Gasteiger partial charge is 0.494 e. The molecule has 0 radical (unpaired) electrons. The van der Waals surface area contributed by atoms with E-state index in [1.54, 1.807) is 24.3 Å². The first-order valence-corrected chi connectivity index (χ1v) is 14.3. The Hall–Kier alpha value is -2.98. The number of hydrogen-bond donors (Lipinski definition) is 3. The van der Waals surface area contributed by atoms with E-state index >= 15 is 0 Å². The fourth-order valence-electron chi connectivity index (χ4n) is 3.35. The zero-order chi connectivity index (χ0) is 25.3. The monoisotopic (exact) mass is 517 g/mol. The number of nitrogens with one attached hydrogen (secondary N) is 3. The molecule has 0 aliphatic heterocycles. The Morgan fingerprint density at radius 1 is 1.06 bits per heavy atom. The molecule has 35 heavy (non-hydrogen) atoms. The molecule has 188 valence electrons. The van der Waals surface area contributed by atoms with Crippen LogP contribution < -0.4 is 20.2 Å². The molecule has 0 bridgehead atoms. The maximum atomic E-state index is 13.0. The van der Waals surface area contributed by atoms with Gasteiger partial charge in [-0.25, -0.2) is 8.42 Å². The maximum absolute atomic E-state index is 13.0. The van der Waals surface area contributed by atoms with Crippen LogP contribution in [0.5, 0.6) is 5.75 Å².